The lowest BCUT2D eigenvalue weighted by atomic mass is 9.99. The predicted octanol–water partition coefficient (Wildman–Crippen LogP) is 0.0504. The van der Waals surface area contributed by atoms with Crippen LogP contribution >= 0.6 is 0 Å². The molecule has 1 aromatic carbocycles. The maximum absolute atomic E-state index is 12.4. The number of rotatable bonds is 4. The van der Waals surface area contributed by atoms with E-state index in [0.717, 1.165) is 19.5 Å². The van der Waals surface area contributed by atoms with Gasteiger partial charge in [-0.05, 0) is 30.6 Å². The molecule has 0 saturated carbocycles. The van der Waals surface area contributed by atoms with Crippen LogP contribution in [0.2, 0.25) is 0 Å². The molecule has 2 heterocycles. The molecule has 6 heteroatoms. The molecule has 0 aromatic heterocycles. The summed E-state index contributed by atoms with van der Waals surface area (Å²) in [6.45, 7) is 3.66. The van der Waals surface area contributed by atoms with Crippen LogP contribution in [0.5, 0.6) is 0 Å². The minimum absolute atomic E-state index is 0.0383. The molecule has 5 nitrogen and oxygen atoms in total. The first-order valence-electron chi connectivity index (χ1n) is 8.54. The number of quaternary nitrogens is 1. The summed E-state index contributed by atoms with van der Waals surface area (Å²) in [6, 6.07) is 9.95. The monoisotopic (exact) mass is 349 g/mol. The fourth-order valence-corrected chi connectivity index (χ4v) is 5.16. The highest BCUT2D eigenvalue weighted by Gasteiger charge is 2.33. The van der Waals surface area contributed by atoms with Crippen LogP contribution < -0.4 is 10.2 Å². The van der Waals surface area contributed by atoms with Gasteiger partial charge in [0.25, 0.3) is 5.91 Å². The molecule has 2 N–H and O–H groups in total. The first-order valence-corrected chi connectivity index (χ1v) is 10.4. The largest absolute Gasteiger partial charge is 0.347 e. The van der Waals surface area contributed by atoms with Gasteiger partial charge in [0.15, 0.2) is 15.9 Å². The zero-order valence-electron chi connectivity index (χ0n) is 14.0. The Hall–Kier alpha value is -1.66. The quantitative estimate of drug-likeness (QED) is 0.807. The topological polar surface area (TPSA) is 67.7 Å². The second-order valence-electron chi connectivity index (χ2n) is 6.79. The molecule has 0 radical (unpaired) electrons. The van der Waals surface area contributed by atoms with Gasteiger partial charge in [0, 0.05) is 12.5 Å². The molecule has 0 aliphatic carbocycles. The second kappa shape index (κ2) is 7.07. The molecule has 0 spiro atoms. The molecule has 1 amide bonds. The molecule has 2 aliphatic rings. The Morgan fingerprint density at radius 1 is 1.29 bits per heavy atom. The zero-order valence-corrected chi connectivity index (χ0v) is 14.8. The van der Waals surface area contributed by atoms with Crippen LogP contribution in [0.3, 0.4) is 0 Å². The van der Waals surface area contributed by atoms with Crippen LogP contribution in [0, 0.1) is 0 Å². The molecule has 2 aliphatic heterocycles. The first-order chi connectivity index (χ1) is 11.4. The van der Waals surface area contributed by atoms with Crippen molar-refractivity contribution in [2.45, 2.75) is 31.8 Å². The van der Waals surface area contributed by atoms with Crippen molar-refractivity contribution in [3.63, 3.8) is 0 Å². The average molecular weight is 349 g/mol. The van der Waals surface area contributed by atoms with Crippen LogP contribution in [-0.2, 0) is 14.6 Å². The van der Waals surface area contributed by atoms with Gasteiger partial charge in [0.2, 0.25) is 0 Å². The van der Waals surface area contributed by atoms with Crippen molar-refractivity contribution < 1.29 is 18.1 Å². The van der Waals surface area contributed by atoms with Gasteiger partial charge in [-0.15, -0.1) is 0 Å². The lowest BCUT2D eigenvalue weighted by molar-refractivity contribution is -0.909. The second-order valence-corrected chi connectivity index (χ2v) is 9.02. The molecule has 24 heavy (non-hydrogen) atoms. The average Bonchev–Trinajstić information content (AvgIpc) is 2.93. The van der Waals surface area contributed by atoms with E-state index >= 15 is 0 Å². The van der Waals surface area contributed by atoms with Crippen molar-refractivity contribution in [1.82, 2.24) is 5.32 Å². The van der Waals surface area contributed by atoms with Crippen molar-refractivity contribution in [2.24, 2.45) is 0 Å². The number of carbonyl (C=O) groups excluding carboxylic acids is 1. The normalized spacial score (nSPS) is 27.3. The molecule has 1 saturated heterocycles. The molecule has 0 bridgehead atoms. The number of hydrogen-bond acceptors (Lipinski definition) is 3. The highest BCUT2D eigenvalue weighted by Crippen LogP contribution is 2.18. The molecule has 3 atom stereocenters. The van der Waals surface area contributed by atoms with Crippen LogP contribution in [0.4, 0.5) is 0 Å². The van der Waals surface area contributed by atoms with E-state index in [1.54, 1.807) is 0 Å². The molecule has 1 unspecified atom stereocenters. The van der Waals surface area contributed by atoms with Crippen LogP contribution in [0.25, 0.3) is 5.57 Å². The van der Waals surface area contributed by atoms with E-state index in [4.69, 9.17) is 0 Å². The standard InChI is InChI=1S/C18H24N2O3S/c1-14(18(21)19-17-9-12-24(22,23)13-17)20-10-7-16(8-11-20)15-5-3-2-4-6-15/h2-7,14,17H,8-13H2,1H3,(H,19,21)/p+1/t14-,17+/m1/s1. The summed E-state index contributed by atoms with van der Waals surface area (Å²) in [7, 11) is -2.96. The molecule has 1 aromatic rings. The van der Waals surface area contributed by atoms with Gasteiger partial charge in [-0.1, -0.05) is 30.3 Å². The Morgan fingerprint density at radius 2 is 2.04 bits per heavy atom. The fourth-order valence-electron chi connectivity index (χ4n) is 3.48. The van der Waals surface area contributed by atoms with E-state index in [-0.39, 0.29) is 29.5 Å². The van der Waals surface area contributed by atoms with Crippen molar-refractivity contribution in [3.8, 4) is 0 Å². The third-order valence-electron chi connectivity index (χ3n) is 5.06. The summed E-state index contributed by atoms with van der Waals surface area (Å²) in [5.74, 6) is 0.230. The zero-order chi connectivity index (χ0) is 17.2. The summed E-state index contributed by atoms with van der Waals surface area (Å²) in [5, 5.41) is 2.91. The lowest BCUT2D eigenvalue weighted by Crippen LogP contribution is -3.17. The van der Waals surface area contributed by atoms with Gasteiger partial charge in [0.1, 0.15) is 0 Å². The van der Waals surface area contributed by atoms with Gasteiger partial charge >= 0.3 is 0 Å². The van der Waals surface area contributed by atoms with E-state index in [9.17, 15) is 13.2 Å². The van der Waals surface area contributed by atoms with Crippen molar-refractivity contribution in [2.75, 3.05) is 24.6 Å². The fraction of sp³-hybridized carbons (Fsp3) is 0.500. The summed E-state index contributed by atoms with van der Waals surface area (Å²) in [4.78, 5) is 13.6. The smallest absolute Gasteiger partial charge is 0.278 e. The molecular formula is C18H25N2O3S+. The Labute approximate surface area is 143 Å². The molecular weight excluding hydrogens is 324 g/mol. The van der Waals surface area contributed by atoms with Gasteiger partial charge in [-0.25, -0.2) is 8.42 Å². The Morgan fingerprint density at radius 3 is 2.62 bits per heavy atom. The summed E-state index contributed by atoms with van der Waals surface area (Å²) >= 11 is 0. The van der Waals surface area contributed by atoms with Crippen LogP contribution in [-0.4, -0.2) is 51.0 Å². The molecule has 130 valence electrons. The number of carbonyl (C=O) groups is 1. The molecule has 3 rings (SSSR count). The van der Waals surface area contributed by atoms with Gasteiger partial charge < -0.3 is 10.2 Å². The number of sulfone groups is 1. The first kappa shape index (κ1) is 17.2. The summed E-state index contributed by atoms with van der Waals surface area (Å²) in [5.41, 5.74) is 2.60. The number of nitrogens with one attached hydrogen (secondary N) is 2. The number of benzene rings is 1. The minimum Gasteiger partial charge on any atom is -0.347 e. The third kappa shape index (κ3) is 4.05. The van der Waals surface area contributed by atoms with E-state index in [1.807, 2.05) is 25.1 Å². The van der Waals surface area contributed by atoms with E-state index in [2.05, 4.69) is 23.5 Å². The van der Waals surface area contributed by atoms with E-state index < -0.39 is 9.84 Å². The Balaban J connectivity index is 1.56. The van der Waals surface area contributed by atoms with Crippen molar-refractivity contribution in [1.29, 1.82) is 0 Å². The summed E-state index contributed by atoms with van der Waals surface area (Å²) < 4.78 is 23.0. The minimum atomic E-state index is -2.96. The molecule has 1 fully saturated rings. The number of hydrogen-bond donors (Lipinski definition) is 2. The lowest BCUT2D eigenvalue weighted by Gasteiger charge is -2.29. The highest BCUT2D eigenvalue weighted by atomic mass is 32.2. The SMILES string of the molecule is C[C@H](C(=O)N[C@H]1CCS(=O)(=O)C1)[NH+]1CC=C(c2ccccc2)CC1. The maximum Gasteiger partial charge on any atom is 0.278 e. The van der Waals surface area contributed by atoms with Gasteiger partial charge in [-0.3, -0.25) is 4.79 Å². The van der Waals surface area contributed by atoms with Crippen LogP contribution in [0.1, 0.15) is 25.3 Å². The maximum atomic E-state index is 12.4. The highest BCUT2D eigenvalue weighted by molar-refractivity contribution is 7.91. The Kier molecular flexibility index (Phi) is 5.06. The third-order valence-corrected chi connectivity index (χ3v) is 6.82. The van der Waals surface area contributed by atoms with E-state index in [1.165, 1.54) is 16.0 Å². The Bertz CT molecular complexity index is 728. The van der Waals surface area contributed by atoms with E-state index in [0.29, 0.717) is 6.42 Å². The summed E-state index contributed by atoms with van der Waals surface area (Å²) in [6.07, 6.45) is 3.71. The van der Waals surface area contributed by atoms with Crippen molar-refractivity contribution in [3.05, 3.63) is 42.0 Å². The number of amides is 1. The predicted molar refractivity (Wildman–Crippen MR) is 94.4 cm³/mol. The van der Waals surface area contributed by atoms with Gasteiger partial charge in [-0.2, -0.15) is 0 Å². The van der Waals surface area contributed by atoms with Crippen molar-refractivity contribution >= 4 is 21.3 Å². The van der Waals surface area contributed by atoms with Crippen LogP contribution in [0.15, 0.2) is 36.4 Å². The van der Waals surface area contributed by atoms with Gasteiger partial charge in [0.05, 0.1) is 24.6 Å².